The summed E-state index contributed by atoms with van der Waals surface area (Å²) in [4.78, 5) is 18.3. The van der Waals surface area contributed by atoms with Crippen molar-refractivity contribution in [3.05, 3.63) is 81.2 Å². The Balaban J connectivity index is 1.62. The largest absolute Gasteiger partial charge is 0.334 e. The van der Waals surface area contributed by atoms with Crippen molar-refractivity contribution in [1.29, 1.82) is 0 Å². The van der Waals surface area contributed by atoms with Crippen LogP contribution < -0.4 is 5.69 Å². The van der Waals surface area contributed by atoms with Crippen LogP contribution in [0.4, 0.5) is 0 Å². The normalized spacial score (nSPS) is 17.2. The Morgan fingerprint density at radius 3 is 2.83 bits per heavy atom. The van der Waals surface area contributed by atoms with E-state index in [-0.39, 0.29) is 5.69 Å². The van der Waals surface area contributed by atoms with Gasteiger partial charge in [0.1, 0.15) is 5.82 Å². The first kappa shape index (κ1) is 24.2. The number of hydrogen-bond donors (Lipinski definition) is 1. The SMILES string of the molecule is CCCCc1cn(-c2c(Br)ccn2CC)c(=O)n1CC1(c2cccc(-c3nnn[nH]3)c2)C=CN=CC1. The molecule has 3 aromatic heterocycles. The van der Waals surface area contributed by atoms with Gasteiger partial charge in [0.05, 0.1) is 4.47 Å². The molecule has 0 aliphatic carbocycles. The lowest BCUT2D eigenvalue weighted by Gasteiger charge is -2.32. The van der Waals surface area contributed by atoms with Crippen LogP contribution >= 0.6 is 15.9 Å². The maximum atomic E-state index is 14.0. The summed E-state index contributed by atoms with van der Waals surface area (Å²) in [6, 6.07) is 10.2. The van der Waals surface area contributed by atoms with E-state index in [1.807, 2.05) is 47.6 Å². The van der Waals surface area contributed by atoms with Crippen molar-refractivity contribution in [3.63, 3.8) is 0 Å². The Kier molecular flexibility index (Phi) is 6.86. The smallest absolute Gasteiger partial charge is 0.333 e. The number of tetrazole rings is 1. The van der Waals surface area contributed by atoms with Gasteiger partial charge in [0.2, 0.25) is 0 Å². The zero-order chi connectivity index (χ0) is 25.1. The molecule has 0 fully saturated rings. The number of allylic oxidation sites excluding steroid dienone is 1. The second kappa shape index (κ2) is 10.2. The fourth-order valence-corrected chi connectivity index (χ4v) is 5.38. The van der Waals surface area contributed by atoms with Crippen molar-refractivity contribution in [2.24, 2.45) is 4.99 Å². The monoisotopic (exact) mass is 548 g/mol. The highest BCUT2D eigenvalue weighted by Gasteiger charge is 2.33. The average molecular weight is 549 g/mol. The molecule has 0 saturated heterocycles. The minimum atomic E-state index is -0.438. The highest BCUT2D eigenvalue weighted by Crippen LogP contribution is 2.35. The number of aryl methyl sites for hydroxylation is 2. The molecule has 1 aromatic carbocycles. The van der Waals surface area contributed by atoms with Crippen LogP contribution in [0.5, 0.6) is 0 Å². The number of aromatic amines is 1. The number of aliphatic imine (C=N–C) groups is 1. The van der Waals surface area contributed by atoms with Crippen LogP contribution in [0.1, 0.15) is 44.4 Å². The molecule has 36 heavy (non-hydrogen) atoms. The van der Waals surface area contributed by atoms with Crippen LogP contribution in [0.25, 0.3) is 17.2 Å². The maximum Gasteiger partial charge on any atom is 0.334 e. The molecule has 0 bridgehead atoms. The average Bonchev–Trinajstić information content (AvgIpc) is 3.64. The molecule has 1 unspecified atom stereocenters. The lowest BCUT2D eigenvalue weighted by atomic mass is 9.76. The molecule has 5 rings (SSSR count). The van der Waals surface area contributed by atoms with E-state index >= 15 is 0 Å². The fourth-order valence-electron chi connectivity index (χ4n) is 4.84. The van der Waals surface area contributed by atoms with Gasteiger partial charge in [0.15, 0.2) is 5.82 Å². The molecule has 0 radical (unpaired) electrons. The molecule has 1 aliphatic rings. The number of aromatic nitrogens is 7. The van der Waals surface area contributed by atoms with Gasteiger partial charge in [-0.3, -0.25) is 14.1 Å². The van der Waals surface area contributed by atoms with E-state index in [1.54, 1.807) is 4.57 Å². The van der Waals surface area contributed by atoms with E-state index in [0.717, 1.165) is 52.9 Å². The molecule has 0 saturated carbocycles. The molecule has 186 valence electrons. The van der Waals surface area contributed by atoms with Crippen molar-refractivity contribution >= 4 is 22.1 Å². The highest BCUT2D eigenvalue weighted by atomic mass is 79.9. The second-order valence-electron chi connectivity index (χ2n) is 9.07. The molecule has 1 aliphatic heterocycles. The quantitative estimate of drug-likeness (QED) is 0.328. The lowest BCUT2D eigenvalue weighted by molar-refractivity contribution is 0.438. The van der Waals surface area contributed by atoms with E-state index in [0.29, 0.717) is 18.8 Å². The molecule has 1 N–H and O–H groups in total. The minimum Gasteiger partial charge on any atom is -0.333 e. The lowest BCUT2D eigenvalue weighted by Crippen LogP contribution is -2.37. The molecule has 0 spiro atoms. The zero-order valence-corrected chi connectivity index (χ0v) is 22.0. The van der Waals surface area contributed by atoms with Gasteiger partial charge in [-0.25, -0.2) is 9.89 Å². The Bertz CT molecular complexity index is 1460. The number of nitrogens with one attached hydrogen (secondary N) is 1. The summed E-state index contributed by atoms with van der Waals surface area (Å²) in [6.45, 7) is 5.52. The number of benzene rings is 1. The van der Waals surface area contributed by atoms with Crippen LogP contribution in [0.2, 0.25) is 0 Å². The van der Waals surface area contributed by atoms with E-state index in [9.17, 15) is 4.79 Å². The molecule has 0 amide bonds. The molecule has 9 nitrogen and oxygen atoms in total. The van der Waals surface area contributed by atoms with Gasteiger partial charge in [-0.05, 0) is 70.2 Å². The van der Waals surface area contributed by atoms with Gasteiger partial charge < -0.3 is 4.57 Å². The third kappa shape index (κ3) is 4.41. The Labute approximate surface area is 217 Å². The number of hydrogen-bond acceptors (Lipinski definition) is 5. The first-order chi connectivity index (χ1) is 17.6. The van der Waals surface area contributed by atoms with Crippen molar-refractivity contribution in [2.75, 3.05) is 0 Å². The van der Waals surface area contributed by atoms with Crippen LogP contribution in [0, 0.1) is 0 Å². The van der Waals surface area contributed by atoms with Crippen molar-refractivity contribution < 1.29 is 0 Å². The molecule has 1 atom stereocenters. The number of halogens is 1. The van der Waals surface area contributed by atoms with E-state index in [2.05, 4.69) is 78.2 Å². The topological polar surface area (TPSA) is 98.7 Å². The van der Waals surface area contributed by atoms with Gasteiger partial charge in [0.25, 0.3) is 0 Å². The second-order valence-corrected chi connectivity index (χ2v) is 9.93. The van der Waals surface area contributed by atoms with Gasteiger partial charge in [0, 0.05) is 54.6 Å². The minimum absolute atomic E-state index is 0.0407. The number of H-pyrrole nitrogens is 1. The Morgan fingerprint density at radius 1 is 1.22 bits per heavy atom. The Morgan fingerprint density at radius 2 is 2.11 bits per heavy atom. The summed E-state index contributed by atoms with van der Waals surface area (Å²) in [6.07, 6.45) is 13.5. The summed E-state index contributed by atoms with van der Waals surface area (Å²) in [5, 5.41) is 14.3. The van der Waals surface area contributed by atoms with Gasteiger partial charge in [-0.1, -0.05) is 37.6 Å². The summed E-state index contributed by atoms with van der Waals surface area (Å²) in [7, 11) is 0. The van der Waals surface area contributed by atoms with E-state index < -0.39 is 5.41 Å². The molecule has 10 heteroatoms. The number of imidazole rings is 1. The van der Waals surface area contributed by atoms with E-state index in [4.69, 9.17) is 0 Å². The number of unbranched alkanes of at least 4 members (excludes halogenated alkanes) is 1. The van der Waals surface area contributed by atoms with Crippen molar-refractivity contribution in [1.82, 2.24) is 34.3 Å². The first-order valence-corrected chi connectivity index (χ1v) is 13.1. The molecule has 4 aromatic rings. The van der Waals surface area contributed by atoms with E-state index in [1.165, 1.54) is 0 Å². The van der Waals surface area contributed by atoms with Crippen molar-refractivity contribution in [3.8, 4) is 17.2 Å². The third-order valence-electron chi connectivity index (χ3n) is 6.84. The van der Waals surface area contributed by atoms with Crippen LogP contribution in [-0.4, -0.2) is 40.5 Å². The number of rotatable bonds is 9. The predicted octanol–water partition coefficient (Wildman–Crippen LogP) is 4.67. The van der Waals surface area contributed by atoms with Crippen LogP contribution in [-0.2, 0) is 24.9 Å². The van der Waals surface area contributed by atoms with Crippen LogP contribution in [0.15, 0.2) is 69.3 Å². The Hall–Kier alpha value is -3.53. The summed E-state index contributed by atoms with van der Waals surface area (Å²) in [5.74, 6) is 1.46. The molecular formula is C26H29BrN8O. The van der Waals surface area contributed by atoms with Crippen LogP contribution in [0.3, 0.4) is 0 Å². The number of nitrogens with zero attached hydrogens (tertiary/aromatic N) is 7. The first-order valence-electron chi connectivity index (χ1n) is 12.3. The fraction of sp³-hybridized carbons (Fsp3) is 0.346. The molecule has 4 heterocycles. The highest BCUT2D eigenvalue weighted by molar-refractivity contribution is 9.10. The summed E-state index contributed by atoms with van der Waals surface area (Å²) < 4.78 is 6.71. The standard InChI is InChI=1S/C26H29BrN8O/c1-3-5-9-21-17-34(24-22(27)10-15-33(24)4-2)25(36)35(21)18-26(11-13-28-14-12-26)20-8-6-7-19(16-20)23-29-31-32-30-23/h6-8,10-11,13-17H,3-5,9,12,18H2,1-2H3,(H,29,30,31,32). The van der Waals surface area contributed by atoms with Gasteiger partial charge in [-0.2, -0.15) is 0 Å². The predicted molar refractivity (Wildman–Crippen MR) is 144 cm³/mol. The molecular weight excluding hydrogens is 520 g/mol. The van der Waals surface area contributed by atoms with Gasteiger partial charge >= 0.3 is 5.69 Å². The zero-order valence-electron chi connectivity index (χ0n) is 20.4. The van der Waals surface area contributed by atoms with Gasteiger partial charge in [-0.15, -0.1) is 5.10 Å². The third-order valence-corrected chi connectivity index (χ3v) is 7.46. The summed E-state index contributed by atoms with van der Waals surface area (Å²) in [5.41, 5.74) is 2.53. The maximum absolute atomic E-state index is 14.0. The summed E-state index contributed by atoms with van der Waals surface area (Å²) >= 11 is 3.65. The van der Waals surface area contributed by atoms with Crippen molar-refractivity contribution in [2.45, 2.75) is 58.0 Å².